The molecule has 0 bridgehead atoms. The van der Waals surface area contributed by atoms with Crippen molar-refractivity contribution in [3.63, 3.8) is 0 Å². The zero-order valence-corrected chi connectivity index (χ0v) is 14.8. The highest BCUT2D eigenvalue weighted by atomic mass is 16.6. The number of rotatable bonds is 5. The number of nitrogens with zero attached hydrogens (tertiary/aromatic N) is 2. The Morgan fingerprint density at radius 2 is 2.00 bits per heavy atom. The van der Waals surface area contributed by atoms with Crippen LogP contribution >= 0.6 is 0 Å². The lowest BCUT2D eigenvalue weighted by atomic mass is 10.1. The molecule has 0 fully saturated rings. The summed E-state index contributed by atoms with van der Waals surface area (Å²) < 4.78 is 5.13. The first-order valence-electron chi connectivity index (χ1n) is 8.26. The van der Waals surface area contributed by atoms with Crippen LogP contribution in [0.1, 0.15) is 17.3 Å². The zero-order valence-electron chi connectivity index (χ0n) is 14.8. The second kappa shape index (κ2) is 7.70. The Labute approximate surface area is 159 Å². The Kier molecular flexibility index (Phi) is 5.16. The number of nitro benzene ring substituents is 1. The van der Waals surface area contributed by atoms with Gasteiger partial charge in [0.05, 0.1) is 21.7 Å². The summed E-state index contributed by atoms with van der Waals surface area (Å²) in [6.45, 7) is 1.39. The number of non-ortho nitro benzene ring substituents is 1. The average Bonchev–Trinajstić information content (AvgIpc) is 2.68. The van der Waals surface area contributed by atoms with E-state index in [0.717, 1.165) is 11.5 Å². The van der Waals surface area contributed by atoms with E-state index in [1.165, 1.54) is 19.1 Å². The highest BCUT2D eigenvalue weighted by Gasteiger charge is 2.22. The second-order valence-electron chi connectivity index (χ2n) is 5.94. The monoisotopic (exact) mass is 380 g/mol. The summed E-state index contributed by atoms with van der Waals surface area (Å²) in [6.07, 6.45) is 0.486. The number of nitrogen functional groups attached to an aromatic ring is 1. The molecule has 2 aromatic carbocycles. The Hall–Kier alpha value is -4.01. The van der Waals surface area contributed by atoms with E-state index in [-0.39, 0.29) is 16.9 Å². The van der Waals surface area contributed by atoms with E-state index in [9.17, 15) is 19.7 Å². The van der Waals surface area contributed by atoms with Gasteiger partial charge >= 0.3 is 5.97 Å². The minimum Gasteiger partial charge on any atom is -0.449 e. The Morgan fingerprint density at radius 1 is 1.21 bits per heavy atom. The van der Waals surface area contributed by atoms with Crippen LogP contribution in [0.2, 0.25) is 0 Å². The van der Waals surface area contributed by atoms with Gasteiger partial charge in [0, 0.05) is 29.4 Å². The van der Waals surface area contributed by atoms with Gasteiger partial charge in [-0.3, -0.25) is 19.9 Å². The Balaban J connectivity index is 1.75. The number of pyridine rings is 1. The van der Waals surface area contributed by atoms with E-state index >= 15 is 0 Å². The van der Waals surface area contributed by atoms with Gasteiger partial charge in [0.25, 0.3) is 11.6 Å². The van der Waals surface area contributed by atoms with Crippen LogP contribution in [0.25, 0.3) is 10.9 Å². The van der Waals surface area contributed by atoms with E-state index in [4.69, 9.17) is 10.5 Å². The maximum Gasteiger partial charge on any atom is 0.341 e. The molecule has 0 radical (unpaired) electrons. The molecule has 3 N–H and O–H groups in total. The van der Waals surface area contributed by atoms with Crippen LogP contribution in [0, 0.1) is 10.1 Å². The number of carbonyl (C=O) groups is 2. The van der Waals surface area contributed by atoms with Crippen molar-refractivity contribution < 1.29 is 19.2 Å². The lowest BCUT2D eigenvalue weighted by molar-refractivity contribution is -0.384. The van der Waals surface area contributed by atoms with E-state index in [0.29, 0.717) is 11.2 Å². The second-order valence-corrected chi connectivity index (χ2v) is 5.94. The van der Waals surface area contributed by atoms with Crippen molar-refractivity contribution in [2.24, 2.45) is 0 Å². The highest BCUT2D eigenvalue weighted by Crippen LogP contribution is 2.23. The largest absolute Gasteiger partial charge is 0.449 e. The Morgan fingerprint density at radius 3 is 2.75 bits per heavy atom. The molecule has 3 rings (SSSR count). The van der Waals surface area contributed by atoms with Gasteiger partial charge in [-0.05, 0) is 37.3 Å². The molecule has 1 aromatic heterocycles. The maximum absolute atomic E-state index is 12.4. The normalized spacial score (nSPS) is 11.6. The molecule has 0 aliphatic rings. The number of nitro groups is 1. The standard InChI is InChI=1S/C19H16N4O5/c1-11(28-19(25)14-10-12(23(26)27)7-8-15(14)20)18(24)22-17-6-2-5-16-13(17)4-3-9-21-16/h2-11H,20H2,1H3,(H,22,24). The van der Waals surface area contributed by atoms with Gasteiger partial charge in [0.15, 0.2) is 6.10 Å². The van der Waals surface area contributed by atoms with E-state index in [2.05, 4.69) is 10.3 Å². The van der Waals surface area contributed by atoms with Crippen LogP contribution in [0.5, 0.6) is 0 Å². The van der Waals surface area contributed by atoms with Crippen LogP contribution in [-0.2, 0) is 9.53 Å². The van der Waals surface area contributed by atoms with Gasteiger partial charge in [-0.2, -0.15) is 0 Å². The third kappa shape index (κ3) is 3.88. The molecule has 1 atom stereocenters. The van der Waals surface area contributed by atoms with Crippen LogP contribution in [0.3, 0.4) is 0 Å². The van der Waals surface area contributed by atoms with Crippen LogP contribution in [0.15, 0.2) is 54.7 Å². The van der Waals surface area contributed by atoms with Crippen molar-refractivity contribution in [2.45, 2.75) is 13.0 Å². The predicted octanol–water partition coefficient (Wildman–Crippen LogP) is 2.91. The van der Waals surface area contributed by atoms with Gasteiger partial charge in [-0.25, -0.2) is 4.79 Å². The first-order valence-corrected chi connectivity index (χ1v) is 8.26. The fourth-order valence-corrected chi connectivity index (χ4v) is 2.56. The lowest BCUT2D eigenvalue weighted by Crippen LogP contribution is -2.30. The third-order valence-electron chi connectivity index (χ3n) is 4.02. The molecule has 142 valence electrons. The first-order chi connectivity index (χ1) is 13.4. The van der Waals surface area contributed by atoms with E-state index in [1.807, 2.05) is 0 Å². The summed E-state index contributed by atoms with van der Waals surface area (Å²) in [6, 6.07) is 12.2. The smallest absolute Gasteiger partial charge is 0.341 e. The number of amides is 1. The number of hydrogen-bond donors (Lipinski definition) is 2. The fraction of sp³-hybridized carbons (Fsp3) is 0.105. The summed E-state index contributed by atoms with van der Waals surface area (Å²) in [5, 5.41) is 14.3. The molecule has 0 aliphatic heterocycles. The number of nitrogens with one attached hydrogen (secondary N) is 1. The lowest BCUT2D eigenvalue weighted by Gasteiger charge is -2.15. The van der Waals surface area contributed by atoms with Crippen molar-refractivity contribution in [2.75, 3.05) is 11.1 Å². The predicted molar refractivity (Wildman–Crippen MR) is 103 cm³/mol. The number of anilines is 2. The minimum absolute atomic E-state index is 0.0170. The molecule has 0 spiro atoms. The number of aromatic nitrogens is 1. The number of benzene rings is 2. The number of ether oxygens (including phenoxy) is 1. The van der Waals surface area contributed by atoms with Gasteiger partial charge < -0.3 is 15.8 Å². The van der Waals surface area contributed by atoms with Crippen molar-refractivity contribution >= 4 is 39.8 Å². The summed E-state index contributed by atoms with van der Waals surface area (Å²) in [5.41, 5.74) is 6.46. The average molecular weight is 380 g/mol. The molecule has 1 amide bonds. The summed E-state index contributed by atoms with van der Waals surface area (Å²) in [4.78, 5) is 39.2. The molecular weight excluding hydrogens is 364 g/mol. The van der Waals surface area contributed by atoms with Gasteiger partial charge in [0.1, 0.15) is 0 Å². The number of nitrogens with two attached hydrogens (primary N) is 1. The number of carbonyl (C=O) groups excluding carboxylic acids is 2. The number of fused-ring (bicyclic) bond motifs is 1. The molecule has 9 heteroatoms. The first kappa shape index (κ1) is 18.8. The van der Waals surface area contributed by atoms with Gasteiger partial charge in [0.2, 0.25) is 0 Å². The number of esters is 1. The summed E-state index contributed by atoms with van der Waals surface area (Å²) >= 11 is 0. The van der Waals surface area contributed by atoms with Crippen molar-refractivity contribution in [1.29, 1.82) is 0 Å². The van der Waals surface area contributed by atoms with Gasteiger partial charge in [-0.15, -0.1) is 0 Å². The molecule has 0 aliphatic carbocycles. The molecule has 28 heavy (non-hydrogen) atoms. The molecule has 0 saturated carbocycles. The van der Waals surface area contributed by atoms with Crippen LogP contribution < -0.4 is 11.1 Å². The molecule has 9 nitrogen and oxygen atoms in total. The maximum atomic E-state index is 12.4. The summed E-state index contributed by atoms with van der Waals surface area (Å²) in [7, 11) is 0. The minimum atomic E-state index is -1.15. The van der Waals surface area contributed by atoms with E-state index < -0.39 is 22.9 Å². The Bertz CT molecular complexity index is 1080. The topological polar surface area (TPSA) is 137 Å². The molecule has 0 saturated heterocycles. The van der Waals surface area contributed by atoms with Crippen LogP contribution in [-0.4, -0.2) is 27.9 Å². The quantitative estimate of drug-likeness (QED) is 0.300. The number of hydrogen-bond acceptors (Lipinski definition) is 7. The van der Waals surface area contributed by atoms with Crippen LogP contribution in [0.4, 0.5) is 17.1 Å². The van der Waals surface area contributed by atoms with Crippen molar-refractivity contribution in [3.05, 3.63) is 70.4 Å². The van der Waals surface area contributed by atoms with Crippen molar-refractivity contribution in [3.8, 4) is 0 Å². The SMILES string of the molecule is CC(OC(=O)c1cc([N+](=O)[O-])ccc1N)C(=O)Nc1cccc2ncccc12. The zero-order chi connectivity index (χ0) is 20.3. The molecular formula is C19H16N4O5. The summed E-state index contributed by atoms with van der Waals surface area (Å²) in [5.74, 6) is -1.49. The molecule has 1 unspecified atom stereocenters. The molecule has 3 aromatic rings. The third-order valence-corrected chi connectivity index (χ3v) is 4.02. The van der Waals surface area contributed by atoms with E-state index in [1.54, 1.807) is 36.5 Å². The highest BCUT2D eigenvalue weighted by molar-refractivity contribution is 6.04. The van der Waals surface area contributed by atoms with Gasteiger partial charge in [-0.1, -0.05) is 6.07 Å². The molecule has 1 heterocycles. The fourth-order valence-electron chi connectivity index (χ4n) is 2.56. The van der Waals surface area contributed by atoms with Crippen molar-refractivity contribution in [1.82, 2.24) is 4.98 Å².